The van der Waals surface area contributed by atoms with Gasteiger partial charge in [0.1, 0.15) is 0 Å². The van der Waals surface area contributed by atoms with Crippen LogP contribution in [-0.2, 0) is 5.54 Å². The highest BCUT2D eigenvalue weighted by Gasteiger charge is 2.40. The quantitative estimate of drug-likeness (QED) is 0.851. The molecular weight excluding hydrogens is 259 g/mol. The molecule has 1 aromatic heterocycles. The third-order valence-corrected chi connectivity index (χ3v) is 3.34. The maximum atomic E-state index is 13.1. The Morgan fingerprint density at radius 1 is 1.16 bits per heavy atom. The van der Waals surface area contributed by atoms with E-state index in [4.69, 9.17) is 10.3 Å². The minimum atomic E-state index is -1.53. The van der Waals surface area contributed by atoms with Crippen molar-refractivity contribution < 1.29 is 17.7 Å². The Morgan fingerprint density at radius 3 is 2.32 bits per heavy atom. The van der Waals surface area contributed by atoms with E-state index >= 15 is 0 Å². The lowest BCUT2D eigenvalue weighted by atomic mass is 9.78. The number of rotatable bonds is 2. The largest absolute Gasteiger partial charge is 0.337 e. The summed E-state index contributed by atoms with van der Waals surface area (Å²) in [5.74, 6) is -3.90. The van der Waals surface area contributed by atoms with Gasteiger partial charge in [0, 0.05) is 5.56 Å². The van der Waals surface area contributed by atoms with Gasteiger partial charge in [-0.2, -0.15) is 4.98 Å². The average molecular weight is 269 g/mol. The smallest absolute Gasteiger partial charge is 0.247 e. The van der Waals surface area contributed by atoms with Crippen molar-refractivity contribution in [2.45, 2.75) is 24.8 Å². The molecule has 4 nitrogen and oxygen atoms in total. The topological polar surface area (TPSA) is 64.9 Å². The molecule has 0 saturated heterocycles. The van der Waals surface area contributed by atoms with Crippen LogP contribution in [0.3, 0.4) is 0 Å². The first-order chi connectivity index (χ1) is 8.99. The summed E-state index contributed by atoms with van der Waals surface area (Å²) in [5.41, 5.74) is 5.35. The number of aromatic nitrogens is 2. The highest BCUT2D eigenvalue weighted by molar-refractivity contribution is 5.54. The second-order valence-electron chi connectivity index (χ2n) is 4.69. The van der Waals surface area contributed by atoms with E-state index in [1.807, 2.05) is 0 Å². The molecule has 19 heavy (non-hydrogen) atoms. The van der Waals surface area contributed by atoms with Crippen LogP contribution in [0.4, 0.5) is 13.2 Å². The van der Waals surface area contributed by atoms with E-state index < -0.39 is 23.0 Å². The highest BCUT2D eigenvalue weighted by atomic mass is 19.2. The molecule has 0 unspecified atom stereocenters. The molecule has 0 aliphatic heterocycles. The van der Waals surface area contributed by atoms with Crippen molar-refractivity contribution in [2.75, 3.05) is 0 Å². The maximum Gasteiger partial charge on any atom is 0.247 e. The third kappa shape index (κ3) is 1.90. The van der Waals surface area contributed by atoms with Gasteiger partial charge in [0.15, 0.2) is 17.5 Å². The molecule has 2 aromatic rings. The molecule has 1 aliphatic rings. The van der Waals surface area contributed by atoms with Gasteiger partial charge in [-0.05, 0) is 31.4 Å². The van der Waals surface area contributed by atoms with Crippen LogP contribution >= 0.6 is 0 Å². The fourth-order valence-electron chi connectivity index (χ4n) is 2.00. The third-order valence-electron chi connectivity index (χ3n) is 3.34. The van der Waals surface area contributed by atoms with Gasteiger partial charge in [0.05, 0.1) is 5.54 Å². The number of benzene rings is 1. The zero-order valence-corrected chi connectivity index (χ0v) is 9.79. The van der Waals surface area contributed by atoms with Crippen LogP contribution in [0.2, 0.25) is 0 Å². The van der Waals surface area contributed by atoms with Gasteiger partial charge in [-0.1, -0.05) is 5.16 Å². The van der Waals surface area contributed by atoms with E-state index in [0.717, 1.165) is 31.4 Å². The van der Waals surface area contributed by atoms with E-state index in [9.17, 15) is 13.2 Å². The Kier molecular flexibility index (Phi) is 2.60. The van der Waals surface area contributed by atoms with Crippen molar-refractivity contribution in [3.63, 3.8) is 0 Å². The van der Waals surface area contributed by atoms with Gasteiger partial charge in [-0.15, -0.1) is 0 Å². The molecule has 7 heteroatoms. The minimum Gasteiger partial charge on any atom is -0.337 e. The van der Waals surface area contributed by atoms with Gasteiger partial charge >= 0.3 is 0 Å². The number of halogens is 3. The number of nitrogens with zero attached hydrogens (tertiary/aromatic N) is 2. The van der Waals surface area contributed by atoms with Crippen molar-refractivity contribution in [3.05, 3.63) is 35.5 Å². The predicted octanol–water partition coefficient (Wildman–Crippen LogP) is 2.49. The first-order valence-corrected chi connectivity index (χ1v) is 5.77. The fraction of sp³-hybridized carbons (Fsp3) is 0.333. The second-order valence-corrected chi connectivity index (χ2v) is 4.69. The van der Waals surface area contributed by atoms with E-state index in [0.29, 0.717) is 0 Å². The average Bonchev–Trinajstić information content (AvgIpc) is 2.82. The molecule has 1 saturated carbocycles. The Balaban J connectivity index is 1.99. The lowest BCUT2D eigenvalue weighted by Crippen LogP contribution is -2.43. The lowest BCUT2D eigenvalue weighted by molar-refractivity contribution is 0.181. The molecule has 1 heterocycles. The highest BCUT2D eigenvalue weighted by Crippen LogP contribution is 2.38. The molecule has 0 amide bonds. The van der Waals surface area contributed by atoms with Crippen molar-refractivity contribution >= 4 is 0 Å². The molecule has 1 aliphatic carbocycles. The summed E-state index contributed by atoms with van der Waals surface area (Å²) in [6, 6.07) is 1.63. The summed E-state index contributed by atoms with van der Waals surface area (Å²) in [7, 11) is 0. The first kappa shape index (κ1) is 12.2. The summed E-state index contributed by atoms with van der Waals surface area (Å²) >= 11 is 0. The summed E-state index contributed by atoms with van der Waals surface area (Å²) in [4.78, 5) is 4.03. The second kappa shape index (κ2) is 4.06. The maximum absolute atomic E-state index is 13.1. The predicted molar refractivity (Wildman–Crippen MR) is 59.3 cm³/mol. The normalized spacial score (nSPS) is 17.3. The van der Waals surface area contributed by atoms with Crippen molar-refractivity contribution in [2.24, 2.45) is 5.73 Å². The number of nitrogens with two attached hydrogens (primary N) is 1. The van der Waals surface area contributed by atoms with Crippen molar-refractivity contribution in [1.82, 2.24) is 10.1 Å². The zero-order valence-electron chi connectivity index (χ0n) is 9.79. The Hall–Kier alpha value is -1.89. The van der Waals surface area contributed by atoms with Crippen LogP contribution in [0.5, 0.6) is 0 Å². The fourth-order valence-corrected chi connectivity index (χ4v) is 2.00. The van der Waals surface area contributed by atoms with Crippen molar-refractivity contribution in [3.8, 4) is 11.4 Å². The van der Waals surface area contributed by atoms with Crippen LogP contribution in [0.25, 0.3) is 11.4 Å². The Morgan fingerprint density at radius 2 is 1.79 bits per heavy atom. The van der Waals surface area contributed by atoms with Crippen LogP contribution in [0.1, 0.15) is 25.2 Å². The zero-order chi connectivity index (χ0) is 13.6. The molecule has 0 spiro atoms. The lowest BCUT2D eigenvalue weighted by Gasteiger charge is -2.33. The van der Waals surface area contributed by atoms with Gasteiger partial charge in [-0.25, -0.2) is 13.2 Å². The van der Waals surface area contributed by atoms with E-state index in [1.54, 1.807) is 0 Å². The Labute approximate surface area is 106 Å². The molecule has 1 fully saturated rings. The SMILES string of the molecule is NC1(c2nc(-c3cc(F)c(F)c(F)c3)no2)CCC1. The number of hydrogen-bond acceptors (Lipinski definition) is 4. The minimum absolute atomic E-state index is 0.00863. The van der Waals surface area contributed by atoms with E-state index in [1.165, 1.54) is 0 Å². The molecule has 1 aromatic carbocycles. The molecule has 3 rings (SSSR count). The number of hydrogen-bond donors (Lipinski definition) is 1. The van der Waals surface area contributed by atoms with Crippen LogP contribution in [0.15, 0.2) is 16.7 Å². The van der Waals surface area contributed by atoms with E-state index in [-0.39, 0.29) is 17.3 Å². The van der Waals surface area contributed by atoms with Crippen LogP contribution < -0.4 is 5.73 Å². The molecule has 100 valence electrons. The van der Waals surface area contributed by atoms with E-state index in [2.05, 4.69) is 10.1 Å². The van der Waals surface area contributed by atoms with Crippen LogP contribution in [0, 0.1) is 17.5 Å². The summed E-state index contributed by atoms with van der Waals surface area (Å²) in [6.07, 6.45) is 2.41. The molecule has 0 atom stereocenters. The molecule has 0 radical (unpaired) electrons. The first-order valence-electron chi connectivity index (χ1n) is 5.77. The van der Waals surface area contributed by atoms with Gasteiger partial charge in [-0.3, -0.25) is 0 Å². The Bertz CT molecular complexity index is 614. The van der Waals surface area contributed by atoms with Gasteiger partial charge in [0.2, 0.25) is 11.7 Å². The molecule has 2 N–H and O–H groups in total. The monoisotopic (exact) mass is 269 g/mol. The summed E-state index contributed by atoms with van der Waals surface area (Å²) in [5, 5.41) is 3.62. The van der Waals surface area contributed by atoms with Crippen LogP contribution in [-0.4, -0.2) is 10.1 Å². The van der Waals surface area contributed by atoms with Gasteiger partial charge < -0.3 is 10.3 Å². The van der Waals surface area contributed by atoms with Gasteiger partial charge in [0.25, 0.3) is 0 Å². The standard InChI is InChI=1S/C12H10F3N3O/c13-7-4-6(5-8(14)9(7)15)10-17-11(19-18-10)12(16)2-1-3-12/h4-5H,1-3,16H2. The molecular formula is C12H10F3N3O. The molecule has 0 bridgehead atoms. The van der Waals surface area contributed by atoms with Crippen molar-refractivity contribution in [1.29, 1.82) is 0 Å². The summed E-state index contributed by atoms with van der Waals surface area (Å²) < 4.78 is 44.1. The summed E-state index contributed by atoms with van der Waals surface area (Å²) in [6.45, 7) is 0.